The van der Waals surface area contributed by atoms with Crippen LogP contribution in [0, 0.1) is 5.92 Å². The summed E-state index contributed by atoms with van der Waals surface area (Å²) in [6.45, 7) is 9.61. The number of carbonyl (C=O) groups excluding carboxylic acids is 1. The number of carbonyl (C=O) groups is 1. The summed E-state index contributed by atoms with van der Waals surface area (Å²) in [6.07, 6.45) is 3.89. The monoisotopic (exact) mass is 296 g/mol. The van der Waals surface area contributed by atoms with Crippen molar-refractivity contribution in [3.63, 3.8) is 0 Å². The van der Waals surface area contributed by atoms with Crippen LogP contribution in [-0.4, -0.2) is 28.9 Å². The van der Waals surface area contributed by atoms with Crippen LogP contribution in [0.1, 0.15) is 52.0 Å². The van der Waals surface area contributed by atoms with Crippen LogP contribution in [0.25, 0.3) is 0 Å². The molecular formula is C16H25ClN2O. The van der Waals surface area contributed by atoms with Crippen molar-refractivity contribution in [2.45, 2.75) is 46.5 Å². The molecule has 4 heteroatoms. The molecule has 1 saturated heterocycles. The lowest BCUT2D eigenvalue weighted by Crippen LogP contribution is -2.40. The molecule has 0 spiro atoms. The molecule has 112 valence electrons. The second-order valence-electron chi connectivity index (χ2n) is 5.17. The lowest BCUT2D eigenvalue weighted by atomic mass is 9.90. The molecule has 1 amide bonds. The first-order valence-corrected chi connectivity index (χ1v) is 7.86. The van der Waals surface area contributed by atoms with Gasteiger partial charge < -0.3 is 4.90 Å². The lowest BCUT2D eigenvalue weighted by Gasteiger charge is -2.33. The first-order chi connectivity index (χ1) is 9.58. The standard InChI is InChI=1S/C14H19ClN2O.C2H6/c1-10(2)14(18)17-7-5-11(6-8-17)12-3-4-13(15)16-9-12;1-2/h3-4,9-11H,5-8H2,1-2H3;1-2H3. The predicted octanol–water partition coefficient (Wildman–Crippen LogP) is 4.12. The fourth-order valence-electron chi connectivity index (χ4n) is 2.43. The van der Waals surface area contributed by atoms with E-state index in [1.165, 1.54) is 5.56 Å². The van der Waals surface area contributed by atoms with Crippen molar-refractivity contribution in [3.05, 3.63) is 29.0 Å². The van der Waals surface area contributed by atoms with Crippen LogP contribution >= 0.6 is 11.6 Å². The fraction of sp³-hybridized carbons (Fsp3) is 0.625. The summed E-state index contributed by atoms with van der Waals surface area (Å²) in [5.41, 5.74) is 1.23. The molecule has 1 fully saturated rings. The Morgan fingerprint density at radius 1 is 1.30 bits per heavy atom. The largest absolute Gasteiger partial charge is 0.342 e. The van der Waals surface area contributed by atoms with Gasteiger partial charge >= 0.3 is 0 Å². The van der Waals surface area contributed by atoms with Gasteiger partial charge in [0.25, 0.3) is 0 Å². The summed E-state index contributed by atoms with van der Waals surface area (Å²) >= 11 is 5.79. The summed E-state index contributed by atoms with van der Waals surface area (Å²) in [4.78, 5) is 18.0. The highest BCUT2D eigenvalue weighted by Crippen LogP contribution is 2.28. The molecule has 0 N–H and O–H groups in total. The maximum Gasteiger partial charge on any atom is 0.225 e. The van der Waals surface area contributed by atoms with E-state index in [2.05, 4.69) is 4.98 Å². The number of piperidine rings is 1. The van der Waals surface area contributed by atoms with Gasteiger partial charge in [-0.25, -0.2) is 4.98 Å². The Hall–Kier alpha value is -1.09. The van der Waals surface area contributed by atoms with Crippen LogP contribution in [-0.2, 0) is 4.79 Å². The molecule has 3 nitrogen and oxygen atoms in total. The third kappa shape index (κ3) is 4.48. The number of hydrogen-bond acceptors (Lipinski definition) is 2. The summed E-state index contributed by atoms with van der Waals surface area (Å²) < 4.78 is 0. The Balaban J connectivity index is 0.000000956. The average molecular weight is 297 g/mol. The van der Waals surface area contributed by atoms with E-state index in [1.807, 2.05) is 50.9 Å². The van der Waals surface area contributed by atoms with Gasteiger partial charge in [-0.2, -0.15) is 0 Å². The molecule has 1 aliphatic rings. The zero-order chi connectivity index (χ0) is 15.1. The van der Waals surface area contributed by atoms with Crippen molar-refractivity contribution >= 4 is 17.5 Å². The molecule has 2 rings (SSSR count). The number of aromatic nitrogens is 1. The zero-order valence-electron chi connectivity index (χ0n) is 12.9. The fourth-order valence-corrected chi connectivity index (χ4v) is 2.54. The van der Waals surface area contributed by atoms with Gasteiger partial charge in [-0.3, -0.25) is 4.79 Å². The zero-order valence-corrected chi connectivity index (χ0v) is 13.7. The van der Waals surface area contributed by atoms with Gasteiger partial charge in [-0.15, -0.1) is 0 Å². The van der Waals surface area contributed by atoms with Crippen LogP contribution in [0.2, 0.25) is 5.15 Å². The van der Waals surface area contributed by atoms with Crippen LogP contribution in [0.5, 0.6) is 0 Å². The van der Waals surface area contributed by atoms with Crippen molar-refractivity contribution in [1.82, 2.24) is 9.88 Å². The lowest BCUT2D eigenvalue weighted by molar-refractivity contribution is -0.135. The van der Waals surface area contributed by atoms with Crippen molar-refractivity contribution < 1.29 is 4.79 Å². The van der Waals surface area contributed by atoms with Gasteiger partial charge in [-0.1, -0.05) is 45.4 Å². The Morgan fingerprint density at radius 3 is 2.35 bits per heavy atom. The summed E-state index contributed by atoms with van der Waals surface area (Å²) in [5, 5.41) is 0.533. The Kier molecular flexibility index (Phi) is 7.00. The van der Waals surface area contributed by atoms with Gasteiger partial charge in [0.2, 0.25) is 5.91 Å². The van der Waals surface area contributed by atoms with Crippen LogP contribution < -0.4 is 0 Å². The maximum atomic E-state index is 11.9. The van der Waals surface area contributed by atoms with Crippen molar-refractivity contribution in [3.8, 4) is 0 Å². The smallest absolute Gasteiger partial charge is 0.225 e. The molecule has 2 heterocycles. The summed E-state index contributed by atoms with van der Waals surface area (Å²) in [6, 6.07) is 3.88. The molecule has 0 aromatic carbocycles. The molecule has 0 aliphatic carbocycles. The van der Waals surface area contributed by atoms with Gasteiger partial charge in [0.15, 0.2) is 0 Å². The van der Waals surface area contributed by atoms with E-state index in [0.717, 1.165) is 25.9 Å². The van der Waals surface area contributed by atoms with Gasteiger partial charge in [0, 0.05) is 25.2 Å². The topological polar surface area (TPSA) is 33.2 Å². The van der Waals surface area contributed by atoms with Gasteiger partial charge in [0.1, 0.15) is 5.15 Å². The second-order valence-corrected chi connectivity index (χ2v) is 5.56. The van der Waals surface area contributed by atoms with Crippen molar-refractivity contribution in [1.29, 1.82) is 0 Å². The van der Waals surface area contributed by atoms with E-state index in [1.54, 1.807) is 0 Å². The Morgan fingerprint density at radius 2 is 1.90 bits per heavy atom. The van der Waals surface area contributed by atoms with Crippen molar-refractivity contribution in [2.75, 3.05) is 13.1 Å². The minimum atomic E-state index is 0.0961. The molecule has 0 atom stereocenters. The summed E-state index contributed by atoms with van der Waals surface area (Å²) in [7, 11) is 0. The number of amides is 1. The molecule has 1 aliphatic heterocycles. The summed E-state index contributed by atoms with van der Waals surface area (Å²) in [5.74, 6) is 0.868. The number of likely N-dealkylation sites (tertiary alicyclic amines) is 1. The van der Waals surface area contributed by atoms with E-state index in [4.69, 9.17) is 11.6 Å². The Bertz CT molecular complexity index is 409. The van der Waals surface area contributed by atoms with E-state index < -0.39 is 0 Å². The number of nitrogens with zero attached hydrogens (tertiary/aromatic N) is 2. The highest BCUT2D eigenvalue weighted by atomic mass is 35.5. The average Bonchev–Trinajstić information content (AvgIpc) is 2.49. The molecule has 1 aromatic rings. The number of pyridine rings is 1. The van der Waals surface area contributed by atoms with Crippen LogP contribution in [0.15, 0.2) is 18.3 Å². The Labute approximate surface area is 127 Å². The van der Waals surface area contributed by atoms with E-state index in [0.29, 0.717) is 11.1 Å². The van der Waals surface area contributed by atoms with E-state index in [-0.39, 0.29) is 11.8 Å². The van der Waals surface area contributed by atoms with E-state index in [9.17, 15) is 4.79 Å². The molecule has 20 heavy (non-hydrogen) atoms. The highest BCUT2D eigenvalue weighted by Gasteiger charge is 2.25. The quantitative estimate of drug-likeness (QED) is 0.769. The van der Waals surface area contributed by atoms with Crippen molar-refractivity contribution in [2.24, 2.45) is 5.92 Å². The number of halogens is 1. The maximum absolute atomic E-state index is 11.9. The molecule has 0 saturated carbocycles. The number of rotatable bonds is 2. The second kappa shape index (κ2) is 8.25. The molecular weight excluding hydrogens is 272 g/mol. The van der Waals surface area contributed by atoms with E-state index >= 15 is 0 Å². The number of hydrogen-bond donors (Lipinski definition) is 0. The normalized spacial score (nSPS) is 15.8. The van der Waals surface area contributed by atoms with Crippen LogP contribution in [0.4, 0.5) is 0 Å². The van der Waals surface area contributed by atoms with Crippen LogP contribution in [0.3, 0.4) is 0 Å². The SMILES string of the molecule is CC.CC(C)C(=O)N1CCC(c2ccc(Cl)nc2)CC1. The minimum absolute atomic E-state index is 0.0961. The third-order valence-corrected chi connectivity index (χ3v) is 3.75. The van der Waals surface area contributed by atoms with Gasteiger partial charge in [0.05, 0.1) is 0 Å². The predicted molar refractivity (Wildman–Crippen MR) is 84.0 cm³/mol. The molecule has 1 aromatic heterocycles. The first kappa shape index (κ1) is 17.0. The molecule has 0 unspecified atom stereocenters. The minimum Gasteiger partial charge on any atom is -0.342 e. The third-order valence-electron chi connectivity index (χ3n) is 3.52. The highest BCUT2D eigenvalue weighted by molar-refractivity contribution is 6.29. The first-order valence-electron chi connectivity index (χ1n) is 7.48. The molecule has 0 bridgehead atoms. The molecule has 0 radical (unpaired) electrons. The van der Waals surface area contributed by atoms with Gasteiger partial charge in [-0.05, 0) is 30.4 Å².